The van der Waals surface area contributed by atoms with Crippen LogP contribution in [0.2, 0.25) is 0 Å². The summed E-state index contributed by atoms with van der Waals surface area (Å²) in [5, 5.41) is 0. The van der Waals surface area contributed by atoms with E-state index in [2.05, 4.69) is 11.9 Å². The van der Waals surface area contributed by atoms with E-state index in [9.17, 15) is 9.18 Å². The van der Waals surface area contributed by atoms with Crippen molar-refractivity contribution >= 4 is 27.5 Å². The lowest BCUT2D eigenvalue weighted by Crippen LogP contribution is -2.17. The van der Waals surface area contributed by atoms with Gasteiger partial charge in [-0.25, -0.2) is 4.39 Å². The molecule has 2 aromatic carbocycles. The van der Waals surface area contributed by atoms with Gasteiger partial charge in [0, 0.05) is 12.6 Å². The summed E-state index contributed by atoms with van der Waals surface area (Å²) in [5.74, 6) is -0.385. The zero-order chi connectivity index (χ0) is 17.1. The topological polar surface area (TPSA) is 43.6 Å². The van der Waals surface area contributed by atoms with Crippen LogP contribution in [-0.2, 0) is 6.54 Å². The summed E-state index contributed by atoms with van der Waals surface area (Å²) in [4.78, 5) is 17.1. The predicted molar refractivity (Wildman–Crippen MR) is 93.0 cm³/mol. The Morgan fingerprint density at radius 2 is 2.08 bits per heavy atom. The fourth-order valence-electron chi connectivity index (χ4n) is 2.48. The van der Waals surface area contributed by atoms with E-state index in [0.717, 1.165) is 28.9 Å². The molecule has 0 aliphatic rings. The highest BCUT2D eigenvalue weighted by Gasteiger charge is 2.12. The number of rotatable bonds is 4. The number of halogens is 1. The van der Waals surface area contributed by atoms with Crippen LogP contribution in [0.1, 0.15) is 23.7 Å². The van der Waals surface area contributed by atoms with Crippen LogP contribution in [-0.4, -0.2) is 17.6 Å². The molecule has 0 aliphatic heterocycles. The zero-order valence-electron chi connectivity index (χ0n) is 13.5. The van der Waals surface area contributed by atoms with Gasteiger partial charge < -0.3 is 9.30 Å². The molecule has 6 heteroatoms. The zero-order valence-corrected chi connectivity index (χ0v) is 14.3. The molecule has 0 fully saturated rings. The molecule has 0 spiro atoms. The molecular formula is C18H17FN2O2S. The van der Waals surface area contributed by atoms with Crippen LogP contribution in [0.15, 0.2) is 47.5 Å². The molecule has 3 rings (SSSR count). The summed E-state index contributed by atoms with van der Waals surface area (Å²) < 4.78 is 22.0. The SMILES string of the molecule is CCCn1c(=NC(=O)c2ccccc2F)sc2ccc(OC)cc21. The van der Waals surface area contributed by atoms with Crippen LogP contribution in [0.25, 0.3) is 10.2 Å². The molecule has 0 saturated heterocycles. The van der Waals surface area contributed by atoms with E-state index >= 15 is 0 Å². The average molecular weight is 344 g/mol. The highest BCUT2D eigenvalue weighted by Crippen LogP contribution is 2.23. The smallest absolute Gasteiger partial charge is 0.282 e. The summed E-state index contributed by atoms with van der Waals surface area (Å²) >= 11 is 1.41. The maximum absolute atomic E-state index is 13.8. The minimum atomic E-state index is -0.573. The first-order valence-electron chi connectivity index (χ1n) is 7.65. The lowest BCUT2D eigenvalue weighted by molar-refractivity contribution is 0.0994. The van der Waals surface area contributed by atoms with Crippen molar-refractivity contribution in [3.63, 3.8) is 0 Å². The quantitative estimate of drug-likeness (QED) is 0.718. The van der Waals surface area contributed by atoms with Crippen LogP contribution in [0, 0.1) is 5.82 Å². The van der Waals surface area contributed by atoms with Gasteiger partial charge in [0.2, 0.25) is 0 Å². The molecule has 0 radical (unpaired) electrons. The Morgan fingerprint density at radius 1 is 1.29 bits per heavy atom. The second-order valence-corrected chi connectivity index (χ2v) is 6.28. The number of methoxy groups -OCH3 is 1. The maximum atomic E-state index is 13.8. The lowest BCUT2D eigenvalue weighted by atomic mass is 10.2. The minimum Gasteiger partial charge on any atom is -0.497 e. The number of hydrogen-bond acceptors (Lipinski definition) is 3. The number of fused-ring (bicyclic) bond motifs is 1. The monoisotopic (exact) mass is 344 g/mol. The number of thiazole rings is 1. The van der Waals surface area contributed by atoms with E-state index < -0.39 is 11.7 Å². The number of benzene rings is 2. The molecule has 0 atom stereocenters. The number of aryl methyl sites for hydroxylation is 1. The number of carbonyl (C=O) groups excluding carboxylic acids is 1. The third kappa shape index (κ3) is 3.10. The van der Waals surface area contributed by atoms with Gasteiger partial charge in [-0.1, -0.05) is 30.4 Å². The minimum absolute atomic E-state index is 0.0180. The van der Waals surface area contributed by atoms with Crippen LogP contribution in [0.5, 0.6) is 5.75 Å². The number of amides is 1. The molecule has 1 heterocycles. The Bertz CT molecular complexity index is 959. The van der Waals surface area contributed by atoms with Crippen molar-refractivity contribution in [1.82, 2.24) is 4.57 Å². The van der Waals surface area contributed by atoms with Crippen molar-refractivity contribution in [3.8, 4) is 5.75 Å². The molecule has 0 N–H and O–H groups in total. The Kier molecular flexibility index (Phi) is 4.76. The van der Waals surface area contributed by atoms with Gasteiger partial charge in [0.1, 0.15) is 11.6 Å². The van der Waals surface area contributed by atoms with Crippen molar-refractivity contribution in [2.24, 2.45) is 4.99 Å². The van der Waals surface area contributed by atoms with Crippen LogP contribution >= 0.6 is 11.3 Å². The first-order valence-corrected chi connectivity index (χ1v) is 8.46. The van der Waals surface area contributed by atoms with Gasteiger partial charge in [0.25, 0.3) is 5.91 Å². The third-order valence-electron chi connectivity index (χ3n) is 3.64. The van der Waals surface area contributed by atoms with E-state index in [1.165, 1.54) is 23.5 Å². The van der Waals surface area contributed by atoms with Crippen LogP contribution in [0.3, 0.4) is 0 Å². The second-order valence-electron chi connectivity index (χ2n) is 5.27. The molecule has 4 nitrogen and oxygen atoms in total. The Labute approximate surface area is 142 Å². The normalized spacial score (nSPS) is 11.9. The Morgan fingerprint density at radius 3 is 2.79 bits per heavy atom. The Balaban J connectivity index is 2.16. The van der Waals surface area contributed by atoms with Crippen molar-refractivity contribution < 1.29 is 13.9 Å². The number of nitrogens with zero attached hydrogens (tertiary/aromatic N) is 2. The number of hydrogen-bond donors (Lipinski definition) is 0. The molecule has 0 saturated carbocycles. The summed E-state index contributed by atoms with van der Waals surface area (Å²) in [6.07, 6.45) is 0.893. The molecule has 1 aromatic heterocycles. The van der Waals surface area contributed by atoms with Gasteiger partial charge in [-0.15, -0.1) is 0 Å². The summed E-state index contributed by atoms with van der Waals surface area (Å²) in [6.45, 7) is 2.77. The molecule has 0 aliphatic carbocycles. The molecule has 0 bridgehead atoms. The third-order valence-corrected chi connectivity index (χ3v) is 4.70. The van der Waals surface area contributed by atoms with Gasteiger partial charge >= 0.3 is 0 Å². The highest BCUT2D eigenvalue weighted by molar-refractivity contribution is 7.16. The molecular weight excluding hydrogens is 327 g/mol. The van der Waals surface area contributed by atoms with Gasteiger partial charge in [0.05, 0.1) is 22.9 Å². The van der Waals surface area contributed by atoms with Gasteiger partial charge in [-0.3, -0.25) is 4.79 Å². The molecule has 24 heavy (non-hydrogen) atoms. The van der Waals surface area contributed by atoms with Crippen LogP contribution < -0.4 is 9.54 Å². The summed E-state index contributed by atoms with van der Waals surface area (Å²) in [6, 6.07) is 11.6. The first-order chi connectivity index (χ1) is 11.6. The first kappa shape index (κ1) is 16.4. The lowest BCUT2D eigenvalue weighted by Gasteiger charge is -2.04. The predicted octanol–water partition coefficient (Wildman–Crippen LogP) is 4.00. The highest BCUT2D eigenvalue weighted by atomic mass is 32.1. The van der Waals surface area contributed by atoms with Gasteiger partial charge in [-0.05, 0) is 30.7 Å². The largest absolute Gasteiger partial charge is 0.497 e. The maximum Gasteiger partial charge on any atom is 0.282 e. The van der Waals surface area contributed by atoms with Crippen molar-refractivity contribution in [3.05, 3.63) is 58.6 Å². The standard InChI is InChI=1S/C18H17FN2O2S/c1-3-10-21-15-11-12(23-2)8-9-16(15)24-18(21)20-17(22)13-6-4-5-7-14(13)19/h4-9,11H,3,10H2,1-2H3. The molecule has 0 unspecified atom stereocenters. The van der Waals surface area contributed by atoms with Crippen molar-refractivity contribution in [2.75, 3.05) is 7.11 Å². The van der Waals surface area contributed by atoms with Crippen LogP contribution in [0.4, 0.5) is 4.39 Å². The number of ether oxygens (including phenoxy) is 1. The van der Waals surface area contributed by atoms with E-state index in [4.69, 9.17) is 4.74 Å². The fraction of sp³-hybridized carbons (Fsp3) is 0.222. The van der Waals surface area contributed by atoms with Crippen molar-refractivity contribution in [1.29, 1.82) is 0 Å². The van der Waals surface area contributed by atoms with Gasteiger partial charge in [-0.2, -0.15) is 4.99 Å². The van der Waals surface area contributed by atoms with E-state index in [1.54, 1.807) is 19.2 Å². The average Bonchev–Trinajstić information content (AvgIpc) is 2.92. The van der Waals surface area contributed by atoms with E-state index in [1.807, 2.05) is 22.8 Å². The summed E-state index contributed by atoms with van der Waals surface area (Å²) in [5.41, 5.74) is 0.942. The number of aromatic nitrogens is 1. The molecule has 124 valence electrons. The Hall–Kier alpha value is -2.47. The van der Waals surface area contributed by atoms with E-state index in [-0.39, 0.29) is 5.56 Å². The summed E-state index contributed by atoms with van der Waals surface area (Å²) in [7, 11) is 1.62. The fourth-order valence-corrected chi connectivity index (χ4v) is 3.52. The molecule has 1 amide bonds. The van der Waals surface area contributed by atoms with E-state index in [0.29, 0.717) is 4.80 Å². The second kappa shape index (κ2) is 6.97. The van der Waals surface area contributed by atoms with Gasteiger partial charge in [0.15, 0.2) is 4.80 Å². The van der Waals surface area contributed by atoms with Crippen molar-refractivity contribution in [2.45, 2.75) is 19.9 Å². The molecule has 3 aromatic rings. The number of carbonyl (C=O) groups is 1.